The minimum Gasteiger partial charge on any atom is -0.367 e. The summed E-state index contributed by atoms with van der Waals surface area (Å²) in [6.07, 6.45) is 1.23. The summed E-state index contributed by atoms with van der Waals surface area (Å²) in [4.78, 5) is 0. The first-order chi connectivity index (χ1) is 3.93. The molecule has 1 atom stereocenters. The Hall–Kier alpha value is 0.660. The summed E-state index contributed by atoms with van der Waals surface area (Å²) in [6.45, 7) is 2.90. The van der Waals surface area contributed by atoms with Gasteiger partial charge in [0, 0.05) is 12.4 Å². The molecule has 1 fully saturated rings. The molecule has 48 valence electrons. The van der Waals surface area contributed by atoms with Gasteiger partial charge < -0.3 is 4.74 Å². The quantitative estimate of drug-likeness (QED) is 0.558. The van der Waals surface area contributed by atoms with E-state index in [9.17, 15) is 0 Å². The first kappa shape index (κ1) is 6.78. The topological polar surface area (TPSA) is 9.23 Å². The normalized spacial score (nSPS) is 28.9. The predicted molar refractivity (Wildman–Crippen MR) is 40.1 cm³/mol. The minimum atomic E-state index is 0.491. The smallest absolute Gasteiger partial charge is 0.114 e. The molecule has 0 spiro atoms. The van der Waals surface area contributed by atoms with Crippen molar-refractivity contribution in [3.63, 3.8) is 0 Å². The van der Waals surface area contributed by atoms with E-state index in [-0.39, 0.29) is 0 Å². The van der Waals surface area contributed by atoms with E-state index < -0.39 is 0 Å². The Balaban J connectivity index is 2.06. The van der Waals surface area contributed by atoms with Crippen molar-refractivity contribution < 1.29 is 4.74 Å². The van der Waals surface area contributed by atoms with Gasteiger partial charge in [-0.15, -0.1) is 0 Å². The minimum absolute atomic E-state index is 0.491. The Morgan fingerprint density at radius 1 is 1.75 bits per heavy atom. The second kappa shape index (κ2) is 3.64. The fourth-order valence-corrected chi connectivity index (χ4v) is 3.21. The molecule has 1 nitrogen and oxygen atoms in total. The van der Waals surface area contributed by atoms with Crippen LogP contribution in [0.5, 0.6) is 0 Å². The number of hydrogen-bond donors (Lipinski definition) is 0. The fraction of sp³-hybridized carbons (Fsp3) is 1.00. The lowest BCUT2D eigenvalue weighted by Gasteiger charge is -2.04. The van der Waals surface area contributed by atoms with Gasteiger partial charge in [0.1, 0.15) is 5.44 Å². The molecule has 0 radical (unpaired) electrons. The van der Waals surface area contributed by atoms with E-state index in [2.05, 4.69) is 0 Å². The second-order valence-corrected chi connectivity index (χ2v) is 4.24. The zero-order valence-corrected chi connectivity index (χ0v) is 6.56. The fourth-order valence-electron chi connectivity index (χ4n) is 0.613. The molecule has 1 aliphatic heterocycles. The molecule has 1 heterocycles. The largest absolute Gasteiger partial charge is 0.367 e. The molecule has 0 bridgehead atoms. The van der Waals surface area contributed by atoms with Crippen LogP contribution in [0.15, 0.2) is 0 Å². The molecule has 0 aromatic carbocycles. The summed E-state index contributed by atoms with van der Waals surface area (Å²) in [6, 6.07) is 0. The highest BCUT2D eigenvalue weighted by molar-refractivity contribution is 8.77. The maximum atomic E-state index is 5.34. The van der Waals surface area contributed by atoms with Gasteiger partial charge in [0.25, 0.3) is 0 Å². The monoisotopic (exact) mass is 150 g/mol. The third kappa shape index (κ3) is 1.88. The van der Waals surface area contributed by atoms with Crippen molar-refractivity contribution in [2.75, 3.05) is 12.4 Å². The lowest BCUT2D eigenvalue weighted by atomic mass is 10.5. The van der Waals surface area contributed by atoms with Gasteiger partial charge in [-0.1, -0.05) is 21.6 Å². The van der Waals surface area contributed by atoms with Crippen LogP contribution in [0.2, 0.25) is 0 Å². The Morgan fingerprint density at radius 2 is 2.62 bits per heavy atom. The van der Waals surface area contributed by atoms with E-state index in [1.807, 2.05) is 28.5 Å². The molecular weight excluding hydrogens is 140 g/mol. The van der Waals surface area contributed by atoms with Crippen LogP contribution >= 0.6 is 21.6 Å². The van der Waals surface area contributed by atoms with Gasteiger partial charge in [-0.25, -0.2) is 0 Å². The van der Waals surface area contributed by atoms with Gasteiger partial charge >= 0.3 is 0 Å². The summed E-state index contributed by atoms with van der Waals surface area (Å²) in [5, 5.41) is 0. The molecule has 0 aromatic heterocycles. The lowest BCUT2D eigenvalue weighted by Crippen LogP contribution is -2.02. The van der Waals surface area contributed by atoms with Gasteiger partial charge in [-0.2, -0.15) is 0 Å². The van der Waals surface area contributed by atoms with Gasteiger partial charge in [-0.3, -0.25) is 0 Å². The average Bonchev–Trinajstić information content (AvgIpc) is 2.19. The highest BCUT2D eigenvalue weighted by Crippen LogP contribution is 2.37. The number of ether oxygens (including phenoxy) is 1. The van der Waals surface area contributed by atoms with E-state index in [4.69, 9.17) is 4.74 Å². The van der Waals surface area contributed by atoms with Crippen molar-refractivity contribution in [2.24, 2.45) is 0 Å². The van der Waals surface area contributed by atoms with Gasteiger partial charge in [0.15, 0.2) is 0 Å². The lowest BCUT2D eigenvalue weighted by molar-refractivity contribution is 0.125. The Bertz CT molecular complexity index is 61.4. The SMILES string of the molecule is CCOC1CCSS1. The van der Waals surface area contributed by atoms with Crippen LogP contribution in [-0.2, 0) is 4.74 Å². The summed E-state index contributed by atoms with van der Waals surface area (Å²) >= 11 is 0. The zero-order valence-electron chi connectivity index (χ0n) is 4.92. The van der Waals surface area contributed by atoms with Crippen LogP contribution in [0.1, 0.15) is 13.3 Å². The molecule has 1 aliphatic rings. The molecule has 0 aliphatic carbocycles. The summed E-state index contributed by atoms with van der Waals surface area (Å²) < 4.78 is 5.34. The highest BCUT2D eigenvalue weighted by Gasteiger charge is 2.15. The molecule has 0 aromatic rings. The molecule has 1 saturated heterocycles. The molecule has 1 unspecified atom stereocenters. The van der Waals surface area contributed by atoms with Crippen LogP contribution in [0, 0.1) is 0 Å². The molecular formula is C5H10OS2. The van der Waals surface area contributed by atoms with E-state index in [0.717, 1.165) is 6.61 Å². The molecule has 0 N–H and O–H groups in total. The first-order valence-corrected chi connectivity index (χ1v) is 5.21. The highest BCUT2D eigenvalue weighted by atomic mass is 33.1. The Kier molecular flexibility index (Phi) is 3.08. The van der Waals surface area contributed by atoms with Crippen LogP contribution < -0.4 is 0 Å². The molecule has 0 amide bonds. The second-order valence-electron chi connectivity index (χ2n) is 1.59. The number of hydrogen-bond acceptors (Lipinski definition) is 3. The van der Waals surface area contributed by atoms with E-state index in [1.165, 1.54) is 12.2 Å². The van der Waals surface area contributed by atoms with Crippen LogP contribution in [0.3, 0.4) is 0 Å². The van der Waals surface area contributed by atoms with E-state index in [1.54, 1.807) is 0 Å². The van der Waals surface area contributed by atoms with E-state index in [0.29, 0.717) is 5.44 Å². The average molecular weight is 150 g/mol. The first-order valence-electron chi connectivity index (χ1n) is 2.83. The summed E-state index contributed by atoms with van der Waals surface area (Å²) in [5.41, 5.74) is 0.491. The molecule has 0 saturated carbocycles. The molecule has 3 heteroatoms. The standard InChI is InChI=1S/C5H10OS2/c1-2-6-5-3-4-7-8-5/h5H,2-4H2,1H3. The Labute approximate surface area is 58.0 Å². The van der Waals surface area contributed by atoms with Crippen molar-refractivity contribution in [3.05, 3.63) is 0 Å². The Morgan fingerprint density at radius 3 is 3.12 bits per heavy atom. The van der Waals surface area contributed by atoms with Crippen molar-refractivity contribution in [1.29, 1.82) is 0 Å². The van der Waals surface area contributed by atoms with Crippen molar-refractivity contribution in [3.8, 4) is 0 Å². The summed E-state index contributed by atoms with van der Waals surface area (Å²) in [7, 11) is 3.78. The third-order valence-electron chi connectivity index (χ3n) is 0.965. The van der Waals surface area contributed by atoms with Gasteiger partial charge in [0.2, 0.25) is 0 Å². The third-order valence-corrected chi connectivity index (χ3v) is 3.64. The van der Waals surface area contributed by atoms with Gasteiger partial charge in [-0.05, 0) is 13.3 Å². The predicted octanol–water partition coefficient (Wildman–Crippen LogP) is 2.13. The van der Waals surface area contributed by atoms with Gasteiger partial charge in [0.05, 0.1) is 0 Å². The van der Waals surface area contributed by atoms with Crippen LogP contribution in [0.4, 0.5) is 0 Å². The van der Waals surface area contributed by atoms with Crippen molar-refractivity contribution >= 4 is 21.6 Å². The van der Waals surface area contributed by atoms with Crippen molar-refractivity contribution in [2.45, 2.75) is 18.8 Å². The zero-order chi connectivity index (χ0) is 5.82. The van der Waals surface area contributed by atoms with E-state index >= 15 is 0 Å². The van der Waals surface area contributed by atoms with Crippen LogP contribution in [0.25, 0.3) is 0 Å². The van der Waals surface area contributed by atoms with Crippen LogP contribution in [-0.4, -0.2) is 17.8 Å². The molecule has 1 rings (SSSR count). The van der Waals surface area contributed by atoms with Crippen molar-refractivity contribution in [1.82, 2.24) is 0 Å². The maximum Gasteiger partial charge on any atom is 0.114 e. The maximum absolute atomic E-state index is 5.34. The summed E-state index contributed by atoms with van der Waals surface area (Å²) in [5.74, 6) is 1.26. The molecule has 8 heavy (non-hydrogen) atoms. The number of rotatable bonds is 2.